The second kappa shape index (κ2) is 7.32. The van der Waals surface area contributed by atoms with Crippen LogP contribution >= 0.6 is 12.2 Å². The number of benzene rings is 1. The number of H-pyrrole nitrogens is 1. The van der Waals surface area contributed by atoms with Crippen LogP contribution in [-0.4, -0.2) is 34.2 Å². The maximum absolute atomic E-state index is 12.6. The van der Waals surface area contributed by atoms with E-state index in [-0.39, 0.29) is 30.5 Å². The number of fused-ring (bicyclic) bond motifs is 1. The lowest BCUT2D eigenvalue weighted by molar-refractivity contribution is -0.123. The van der Waals surface area contributed by atoms with Crippen molar-refractivity contribution in [3.05, 3.63) is 39.4 Å². The van der Waals surface area contributed by atoms with Crippen molar-refractivity contribution in [3.63, 3.8) is 0 Å². The molecule has 1 aromatic carbocycles. The van der Waals surface area contributed by atoms with E-state index in [0.717, 1.165) is 18.4 Å². The first-order valence-electron chi connectivity index (χ1n) is 9.24. The Morgan fingerprint density at radius 1 is 1.31 bits per heavy atom. The molecule has 2 N–H and O–H groups in total. The van der Waals surface area contributed by atoms with Crippen LogP contribution in [0.1, 0.15) is 32.1 Å². The van der Waals surface area contributed by atoms with Crippen LogP contribution in [0.4, 0.5) is 0 Å². The van der Waals surface area contributed by atoms with Gasteiger partial charge in [-0.15, -0.1) is 0 Å². The predicted octanol–water partition coefficient (Wildman–Crippen LogP) is 2.52. The summed E-state index contributed by atoms with van der Waals surface area (Å²) in [7, 11) is 0. The van der Waals surface area contributed by atoms with Crippen molar-refractivity contribution in [1.29, 1.82) is 0 Å². The van der Waals surface area contributed by atoms with Gasteiger partial charge in [0.25, 0.3) is 5.56 Å². The number of aromatic nitrogens is 2. The van der Waals surface area contributed by atoms with Crippen LogP contribution in [0, 0.1) is 10.7 Å². The number of hydrogen-bond acceptors (Lipinski definition) is 4. The number of rotatable bonds is 5. The van der Waals surface area contributed by atoms with Gasteiger partial charge in [-0.3, -0.25) is 14.2 Å². The van der Waals surface area contributed by atoms with Gasteiger partial charge < -0.3 is 15.0 Å². The molecule has 1 amide bonds. The van der Waals surface area contributed by atoms with Crippen molar-refractivity contribution in [1.82, 2.24) is 14.9 Å². The average Bonchev–Trinajstić information content (AvgIpc) is 3.47. The summed E-state index contributed by atoms with van der Waals surface area (Å²) in [6, 6.07) is 7.43. The van der Waals surface area contributed by atoms with Crippen molar-refractivity contribution in [2.75, 3.05) is 6.61 Å². The number of hydrogen-bond donors (Lipinski definition) is 2. The zero-order valence-corrected chi connectivity index (χ0v) is 15.4. The Morgan fingerprint density at radius 3 is 2.92 bits per heavy atom. The van der Waals surface area contributed by atoms with Crippen LogP contribution in [0.25, 0.3) is 10.9 Å². The van der Waals surface area contributed by atoms with E-state index in [1.165, 1.54) is 17.4 Å². The Balaban J connectivity index is 1.39. The summed E-state index contributed by atoms with van der Waals surface area (Å²) in [5.41, 5.74) is 0.563. The molecule has 1 saturated carbocycles. The minimum atomic E-state index is -0.156. The average molecular weight is 373 g/mol. The van der Waals surface area contributed by atoms with Gasteiger partial charge in [-0.2, -0.15) is 0 Å². The molecule has 0 spiro atoms. The van der Waals surface area contributed by atoms with E-state index in [1.807, 2.05) is 18.2 Å². The Labute approximate surface area is 156 Å². The lowest BCUT2D eigenvalue weighted by Crippen LogP contribution is -2.43. The molecule has 26 heavy (non-hydrogen) atoms. The van der Waals surface area contributed by atoms with Crippen molar-refractivity contribution in [2.24, 2.45) is 5.92 Å². The number of para-hydroxylation sites is 1. The largest absolute Gasteiger partial charge is 0.378 e. The summed E-state index contributed by atoms with van der Waals surface area (Å²) in [4.78, 5) is 28.0. The van der Waals surface area contributed by atoms with E-state index in [9.17, 15) is 9.59 Å². The first-order chi connectivity index (χ1) is 12.6. The van der Waals surface area contributed by atoms with E-state index < -0.39 is 0 Å². The molecule has 0 radical (unpaired) electrons. The maximum Gasteiger partial charge on any atom is 0.262 e. The summed E-state index contributed by atoms with van der Waals surface area (Å²) in [6.07, 6.45) is 4.77. The summed E-state index contributed by atoms with van der Waals surface area (Å²) in [6.45, 7) is 0.988. The minimum absolute atomic E-state index is 0.0408. The van der Waals surface area contributed by atoms with Crippen molar-refractivity contribution >= 4 is 29.0 Å². The molecule has 6 nitrogen and oxygen atoms in total. The predicted molar refractivity (Wildman–Crippen MR) is 102 cm³/mol. The highest BCUT2D eigenvalue weighted by molar-refractivity contribution is 7.71. The third-order valence-electron chi connectivity index (χ3n) is 5.28. The third kappa shape index (κ3) is 3.73. The van der Waals surface area contributed by atoms with E-state index in [0.29, 0.717) is 28.8 Å². The zero-order valence-electron chi connectivity index (χ0n) is 14.6. The minimum Gasteiger partial charge on any atom is -0.378 e. The third-order valence-corrected chi connectivity index (χ3v) is 5.60. The van der Waals surface area contributed by atoms with Gasteiger partial charge in [0.15, 0.2) is 4.77 Å². The van der Waals surface area contributed by atoms with Gasteiger partial charge in [-0.05, 0) is 56.0 Å². The van der Waals surface area contributed by atoms with Crippen molar-refractivity contribution in [2.45, 2.75) is 50.8 Å². The van der Waals surface area contributed by atoms with Gasteiger partial charge in [-0.1, -0.05) is 12.1 Å². The molecule has 138 valence electrons. The van der Waals surface area contributed by atoms with Crippen LogP contribution in [0.2, 0.25) is 0 Å². The number of nitrogens with zero attached hydrogens (tertiary/aromatic N) is 1. The van der Waals surface area contributed by atoms with Crippen LogP contribution in [0.15, 0.2) is 29.1 Å². The highest BCUT2D eigenvalue weighted by Gasteiger charge is 2.36. The lowest BCUT2D eigenvalue weighted by atomic mass is 10.00. The Kier molecular flexibility index (Phi) is 4.91. The van der Waals surface area contributed by atoms with Gasteiger partial charge >= 0.3 is 0 Å². The van der Waals surface area contributed by atoms with Crippen molar-refractivity contribution < 1.29 is 9.53 Å². The standard InChI is InChI=1S/C19H23N3O3S/c23-17(20-13-8-10-25-16(11-13)12-5-6-12)7-9-22-18(24)14-3-1-2-4-15(14)21-19(22)26/h1-4,12-13,16H,5-11H2,(H,20,23)(H,21,26)/t13-,16-/m1/s1. The van der Waals surface area contributed by atoms with E-state index in [4.69, 9.17) is 17.0 Å². The molecule has 1 saturated heterocycles. The van der Waals surface area contributed by atoms with Gasteiger partial charge in [-0.25, -0.2) is 0 Å². The maximum atomic E-state index is 12.6. The van der Waals surface area contributed by atoms with E-state index >= 15 is 0 Å². The Bertz CT molecular complexity index is 932. The number of amides is 1. The fourth-order valence-corrected chi connectivity index (χ4v) is 3.95. The number of nitrogens with one attached hydrogen (secondary N) is 2. The summed E-state index contributed by atoms with van der Waals surface area (Å²) in [5.74, 6) is 0.644. The molecule has 4 rings (SSSR count). The molecule has 2 atom stereocenters. The number of aromatic amines is 1. The van der Waals surface area contributed by atoms with Crippen LogP contribution in [0.3, 0.4) is 0 Å². The highest BCUT2D eigenvalue weighted by atomic mass is 32.1. The fourth-order valence-electron chi connectivity index (χ4n) is 3.67. The molecule has 0 bridgehead atoms. The molecule has 7 heteroatoms. The lowest BCUT2D eigenvalue weighted by Gasteiger charge is -2.30. The summed E-state index contributed by atoms with van der Waals surface area (Å²) >= 11 is 5.29. The van der Waals surface area contributed by atoms with Crippen molar-refractivity contribution in [3.8, 4) is 0 Å². The van der Waals surface area contributed by atoms with Gasteiger partial charge in [0.05, 0.1) is 17.0 Å². The highest BCUT2D eigenvalue weighted by Crippen LogP contribution is 2.38. The van der Waals surface area contributed by atoms with Gasteiger partial charge in [0.1, 0.15) is 0 Å². The first kappa shape index (κ1) is 17.4. The first-order valence-corrected chi connectivity index (χ1v) is 9.65. The second-order valence-corrected chi connectivity index (χ2v) is 7.60. The molecule has 1 aliphatic carbocycles. The van der Waals surface area contributed by atoms with Gasteiger partial charge in [0, 0.05) is 25.6 Å². The van der Waals surface area contributed by atoms with Crippen LogP contribution in [0.5, 0.6) is 0 Å². The fraction of sp³-hybridized carbons (Fsp3) is 0.526. The molecular formula is C19H23N3O3S. The van der Waals surface area contributed by atoms with E-state index in [2.05, 4.69) is 10.3 Å². The van der Waals surface area contributed by atoms with Crippen LogP contribution in [-0.2, 0) is 16.1 Å². The molecule has 2 aliphatic rings. The summed E-state index contributed by atoms with van der Waals surface area (Å²) < 4.78 is 7.62. The molecule has 1 aromatic heterocycles. The molecule has 1 aliphatic heterocycles. The number of carbonyl (C=O) groups excluding carboxylic acids is 1. The molecular weight excluding hydrogens is 350 g/mol. The quantitative estimate of drug-likeness (QED) is 0.790. The Morgan fingerprint density at radius 2 is 2.12 bits per heavy atom. The Hall–Kier alpha value is -1.99. The molecule has 0 unspecified atom stereocenters. The molecule has 2 heterocycles. The summed E-state index contributed by atoms with van der Waals surface area (Å²) in [5, 5.41) is 3.68. The monoisotopic (exact) mass is 373 g/mol. The second-order valence-electron chi connectivity index (χ2n) is 7.22. The topological polar surface area (TPSA) is 76.1 Å². The van der Waals surface area contributed by atoms with Crippen LogP contribution < -0.4 is 10.9 Å². The van der Waals surface area contributed by atoms with Gasteiger partial charge in [0.2, 0.25) is 5.91 Å². The molecule has 2 fully saturated rings. The van der Waals surface area contributed by atoms with E-state index in [1.54, 1.807) is 6.07 Å². The smallest absolute Gasteiger partial charge is 0.262 e. The number of ether oxygens (including phenoxy) is 1. The normalized spacial score (nSPS) is 23.1. The number of carbonyl (C=O) groups is 1. The SMILES string of the molecule is O=C(CCn1c(=S)[nH]c2ccccc2c1=O)N[C@@H]1CCO[C@@H](C2CC2)C1. The molecule has 2 aromatic rings. The zero-order chi connectivity index (χ0) is 18.1.